The number of aliphatic hydroxyl groups excluding tert-OH is 1. The summed E-state index contributed by atoms with van der Waals surface area (Å²) in [4.78, 5) is 7.28. The summed E-state index contributed by atoms with van der Waals surface area (Å²) < 4.78 is 0. The van der Waals surface area contributed by atoms with Crippen LogP contribution in [0.25, 0.3) is 0 Å². The van der Waals surface area contributed by atoms with E-state index in [9.17, 15) is 5.11 Å². The number of aliphatic hydroxyl groups is 1. The van der Waals surface area contributed by atoms with Gasteiger partial charge in [0.2, 0.25) is 0 Å². The maximum atomic E-state index is 9.24. The van der Waals surface area contributed by atoms with Gasteiger partial charge in [0.1, 0.15) is 0 Å². The molecule has 1 aliphatic rings. The molecule has 0 radical (unpaired) electrons. The molecule has 1 atom stereocenters. The van der Waals surface area contributed by atoms with Gasteiger partial charge in [0.25, 0.3) is 0 Å². The molecule has 1 aliphatic heterocycles. The molecule has 1 aromatic carbocycles. The van der Waals surface area contributed by atoms with Gasteiger partial charge < -0.3 is 15.7 Å². The summed E-state index contributed by atoms with van der Waals surface area (Å²) in [6.07, 6.45) is 5.48. The first-order chi connectivity index (χ1) is 14.2. The van der Waals surface area contributed by atoms with Gasteiger partial charge in [-0.3, -0.25) is 9.89 Å². The van der Waals surface area contributed by atoms with Gasteiger partial charge in [0.15, 0.2) is 5.96 Å². The third-order valence-corrected chi connectivity index (χ3v) is 6.07. The van der Waals surface area contributed by atoms with Crippen molar-refractivity contribution in [2.45, 2.75) is 52.5 Å². The van der Waals surface area contributed by atoms with E-state index in [1.165, 1.54) is 18.4 Å². The Kier molecular flexibility index (Phi) is 11.4. The van der Waals surface area contributed by atoms with Crippen LogP contribution >= 0.6 is 11.6 Å². The van der Waals surface area contributed by atoms with Crippen LogP contribution < -0.4 is 10.6 Å². The Morgan fingerprint density at radius 2 is 1.97 bits per heavy atom. The summed E-state index contributed by atoms with van der Waals surface area (Å²) in [5.74, 6) is 2.05. The first kappa shape index (κ1) is 24.0. The Balaban J connectivity index is 1.76. The van der Waals surface area contributed by atoms with Crippen molar-refractivity contribution in [3.8, 4) is 0 Å². The summed E-state index contributed by atoms with van der Waals surface area (Å²) in [7, 11) is 0. The molecule has 3 N–H and O–H groups in total. The Morgan fingerprint density at radius 1 is 1.21 bits per heavy atom. The summed E-state index contributed by atoms with van der Waals surface area (Å²) >= 11 is 6.31. The van der Waals surface area contributed by atoms with Crippen LogP contribution in [0.15, 0.2) is 29.3 Å². The van der Waals surface area contributed by atoms with Crippen LogP contribution in [0.2, 0.25) is 5.02 Å². The second-order valence-corrected chi connectivity index (χ2v) is 8.49. The van der Waals surface area contributed by atoms with E-state index in [2.05, 4.69) is 41.5 Å². The number of rotatable bonds is 11. The van der Waals surface area contributed by atoms with Crippen molar-refractivity contribution in [2.75, 3.05) is 39.3 Å². The molecule has 0 spiro atoms. The topological polar surface area (TPSA) is 59.9 Å². The van der Waals surface area contributed by atoms with E-state index in [1.807, 2.05) is 12.1 Å². The lowest BCUT2D eigenvalue weighted by Gasteiger charge is -2.32. The first-order valence-corrected chi connectivity index (χ1v) is 11.6. The molecule has 0 bridgehead atoms. The van der Waals surface area contributed by atoms with Gasteiger partial charge in [-0.2, -0.15) is 0 Å². The van der Waals surface area contributed by atoms with Crippen molar-refractivity contribution in [3.63, 3.8) is 0 Å². The average Bonchev–Trinajstić information content (AvgIpc) is 2.73. The minimum atomic E-state index is 0.247. The summed E-state index contributed by atoms with van der Waals surface area (Å²) in [6, 6.07) is 8.14. The lowest BCUT2D eigenvalue weighted by molar-refractivity contribution is 0.178. The standard InChI is InChI=1S/C23H39ClN4O/c1-3-7-19(12-15-29)16-26-23(25-4-2)27-17-20-10-13-28(14-11-20)18-21-8-5-6-9-22(21)24/h5-6,8-9,19-20,29H,3-4,7,10-18H2,1-2H3,(H2,25,26,27). The van der Waals surface area contributed by atoms with Gasteiger partial charge in [0, 0.05) is 37.8 Å². The molecule has 0 amide bonds. The second kappa shape index (κ2) is 13.8. The predicted molar refractivity (Wildman–Crippen MR) is 124 cm³/mol. The van der Waals surface area contributed by atoms with Gasteiger partial charge in [0.05, 0.1) is 0 Å². The molecule has 0 aliphatic carbocycles. The van der Waals surface area contributed by atoms with Gasteiger partial charge in [-0.25, -0.2) is 0 Å². The fraction of sp³-hybridized carbons (Fsp3) is 0.696. The van der Waals surface area contributed by atoms with Gasteiger partial charge in [-0.15, -0.1) is 0 Å². The van der Waals surface area contributed by atoms with Crippen molar-refractivity contribution in [2.24, 2.45) is 16.8 Å². The number of halogens is 1. The van der Waals surface area contributed by atoms with Crippen LogP contribution in [0.4, 0.5) is 0 Å². The highest BCUT2D eigenvalue weighted by Crippen LogP contribution is 2.22. The van der Waals surface area contributed by atoms with Crippen molar-refractivity contribution in [1.82, 2.24) is 15.5 Å². The quantitative estimate of drug-likeness (QED) is 0.374. The minimum absolute atomic E-state index is 0.247. The SMILES string of the molecule is CCCC(CCO)CN=C(NCC)NCC1CCN(Cc2ccccc2Cl)CC1. The zero-order chi connectivity index (χ0) is 20.9. The monoisotopic (exact) mass is 422 g/mol. The van der Waals surface area contributed by atoms with E-state index < -0.39 is 0 Å². The molecule has 29 heavy (non-hydrogen) atoms. The third kappa shape index (κ3) is 8.93. The van der Waals surface area contributed by atoms with Gasteiger partial charge >= 0.3 is 0 Å². The van der Waals surface area contributed by atoms with Crippen molar-refractivity contribution < 1.29 is 5.11 Å². The summed E-state index contributed by atoms with van der Waals surface area (Å²) in [5, 5.41) is 17.0. The molecule has 0 saturated carbocycles. The van der Waals surface area contributed by atoms with E-state index in [0.29, 0.717) is 11.8 Å². The van der Waals surface area contributed by atoms with Crippen LogP contribution in [0.5, 0.6) is 0 Å². The maximum absolute atomic E-state index is 9.24. The summed E-state index contributed by atoms with van der Waals surface area (Å²) in [6.45, 7) is 10.3. The number of nitrogens with zero attached hydrogens (tertiary/aromatic N) is 2. The van der Waals surface area contributed by atoms with Gasteiger partial charge in [-0.1, -0.05) is 43.1 Å². The largest absolute Gasteiger partial charge is 0.396 e. The fourth-order valence-corrected chi connectivity index (χ4v) is 4.13. The third-order valence-electron chi connectivity index (χ3n) is 5.70. The number of guanidine groups is 1. The Hall–Kier alpha value is -1.30. The Morgan fingerprint density at radius 3 is 2.62 bits per heavy atom. The molecule has 1 aromatic rings. The number of hydrogen-bond donors (Lipinski definition) is 3. The lowest BCUT2D eigenvalue weighted by atomic mass is 9.96. The van der Waals surface area contributed by atoms with E-state index >= 15 is 0 Å². The molecule has 2 rings (SSSR count). The van der Waals surface area contributed by atoms with Crippen molar-refractivity contribution >= 4 is 17.6 Å². The van der Waals surface area contributed by atoms with Crippen molar-refractivity contribution in [3.05, 3.63) is 34.9 Å². The fourth-order valence-electron chi connectivity index (χ4n) is 3.94. The highest BCUT2D eigenvalue weighted by atomic mass is 35.5. The van der Waals surface area contributed by atoms with Crippen LogP contribution in [-0.2, 0) is 6.54 Å². The van der Waals surface area contributed by atoms with E-state index in [0.717, 1.165) is 69.5 Å². The number of aliphatic imine (C=N–C) groups is 1. The molecule has 0 aromatic heterocycles. The minimum Gasteiger partial charge on any atom is -0.396 e. The Labute approximate surface area is 181 Å². The average molecular weight is 423 g/mol. The first-order valence-electron chi connectivity index (χ1n) is 11.2. The second-order valence-electron chi connectivity index (χ2n) is 8.08. The smallest absolute Gasteiger partial charge is 0.191 e. The highest BCUT2D eigenvalue weighted by Gasteiger charge is 2.20. The van der Waals surface area contributed by atoms with Crippen LogP contribution in [0.1, 0.15) is 51.5 Å². The molecule has 164 valence electrons. The van der Waals surface area contributed by atoms with Crippen LogP contribution in [0, 0.1) is 11.8 Å². The number of piperidine rings is 1. The number of benzene rings is 1. The molecule has 1 saturated heterocycles. The molecule has 5 nitrogen and oxygen atoms in total. The predicted octanol–water partition coefficient (Wildman–Crippen LogP) is 3.91. The zero-order valence-corrected chi connectivity index (χ0v) is 18.9. The van der Waals surface area contributed by atoms with E-state index in [4.69, 9.17) is 16.6 Å². The van der Waals surface area contributed by atoms with Crippen molar-refractivity contribution in [1.29, 1.82) is 0 Å². The molecule has 1 heterocycles. The molecular weight excluding hydrogens is 384 g/mol. The Bertz CT molecular complexity index is 596. The van der Waals surface area contributed by atoms with Crippen LogP contribution in [0.3, 0.4) is 0 Å². The van der Waals surface area contributed by atoms with Crippen LogP contribution in [-0.4, -0.2) is 55.3 Å². The van der Waals surface area contributed by atoms with E-state index in [-0.39, 0.29) is 6.61 Å². The lowest BCUT2D eigenvalue weighted by Crippen LogP contribution is -2.43. The zero-order valence-electron chi connectivity index (χ0n) is 18.2. The highest BCUT2D eigenvalue weighted by molar-refractivity contribution is 6.31. The summed E-state index contributed by atoms with van der Waals surface area (Å²) in [5.41, 5.74) is 1.22. The number of likely N-dealkylation sites (tertiary alicyclic amines) is 1. The normalized spacial score (nSPS) is 17.3. The van der Waals surface area contributed by atoms with Gasteiger partial charge in [-0.05, 0) is 69.2 Å². The molecule has 1 unspecified atom stereocenters. The maximum Gasteiger partial charge on any atom is 0.191 e. The molecular formula is C23H39ClN4O. The number of hydrogen-bond acceptors (Lipinski definition) is 3. The molecule has 1 fully saturated rings. The van der Waals surface area contributed by atoms with E-state index in [1.54, 1.807) is 0 Å². The molecule has 6 heteroatoms. The number of nitrogens with one attached hydrogen (secondary N) is 2.